The summed E-state index contributed by atoms with van der Waals surface area (Å²) in [4.78, 5) is 38.2. The van der Waals surface area contributed by atoms with E-state index in [4.69, 9.17) is 0 Å². The molecule has 7 heteroatoms. The molecule has 2 heterocycles. The maximum absolute atomic E-state index is 12.5. The maximum atomic E-state index is 12.5. The van der Waals surface area contributed by atoms with Gasteiger partial charge in [-0.2, -0.15) is 0 Å². The van der Waals surface area contributed by atoms with E-state index in [1.807, 2.05) is 29.2 Å². The Kier molecular flexibility index (Phi) is 6.24. The summed E-state index contributed by atoms with van der Waals surface area (Å²) in [6.45, 7) is 3.47. The number of benzene rings is 1. The predicted octanol–water partition coefficient (Wildman–Crippen LogP) is 3.26. The molecule has 2 aromatic rings. The molecule has 1 aromatic carbocycles. The minimum atomic E-state index is -0.190. The van der Waals surface area contributed by atoms with Crippen molar-refractivity contribution in [2.45, 2.75) is 32.7 Å². The van der Waals surface area contributed by atoms with Crippen LogP contribution in [-0.2, 0) is 11.3 Å². The van der Waals surface area contributed by atoms with Gasteiger partial charge < -0.3 is 15.5 Å². The third kappa shape index (κ3) is 5.17. The highest BCUT2D eigenvalue weighted by atomic mass is 32.1. The molecule has 6 nitrogen and oxygen atoms in total. The van der Waals surface area contributed by atoms with E-state index in [-0.39, 0.29) is 17.7 Å². The SMILES string of the molecule is CC(=O)Nc1ccc(C(=O)NCc2ccc(C(=O)N3CCCCC3)cc2)s1. The predicted molar refractivity (Wildman–Crippen MR) is 106 cm³/mol. The average molecular weight is 385 g/mol. The largest absolute Gasteiger partial charge is 0.347 e. The van der Waals surface area contributed by atoms with Crippen LogP contribution in [-0.4, -0.2) is 35.7 Å². The number of rotatable bonds is 5. The molecular weight excluding hydrogens is 362 g/mol. The van der Waals surface area contributed by atoms with Gasteiger partial charge in [0.15, 0.2) is 0 Å². The third-order valence-corrected chi connectivity index (χ3v) is 5.43. The zero-order chi connectivity index (χ0) is 19.2. The number of likely N-dealkylation sites (tertiary alicyclic amines) is 1. The first kappa shape index (κ1) is 19.1. The molecule has 0 unspecified atom stereocenters. The molecule has 1 aliphatic rings. The molecule has 0 spiro atoms. The van der Waals surface area contributed by atoms with Gasteiger partial charge in [-0.1, -0.05) is 12.1 Å². The van der Waals surface area contributed by atoms with E-state index < -0.39 is 0 Å². The first-order chi connectivity index (χ1) is 13.0. The lowest BCUT2D eigenvalue weighted by atomic mass is 10.1. The Bertz CT molecular complexity index is 823. The van der Waals surface area contributed by atoms with Crippen LogP contribution in [0.2, 0.25) is 0 Å². The number of amides is 3. The minimum absolute atomic E-state index is 0.0781. The number of hydrogen-bond donors (Lipinski definition) is 2. The summed E-state index contributed by atoms with van der Waals surface area (Å²) in [6.07, 6.45) is 3.34. The van der Waals surface area contributed by atoms with Crippen LogP contribution in [0.15, 0.2) is 36.4 Å². The van der Waals surface area contributed by atoms with Crippen LogP contribution in [0.5, 0.6) is 0 Å². The number of piperidine rings is 1. The van der Waals surface area contributed by atoms with Gasteiger partial charge in [-0.05, 0) is 49.1 Å². The van der Waals surface area contributed by atoms with Gasteiger partial charge in [0, 0.05) is 32.1 Å². The van der Waals surface area contributed by atoms with Gasteiger partial charge in [-0.3, -0.25) is 14.4 Å². The van der Waals surface area contributed by atoms with Crippen molar-refractivity contribution < 1.29 is 14.4 Å². The average Bonchev–Trinajstić information content (AvgIpc) is 3.14. The lowest BCUT2D eigenvalue weighted by molar-refractivity contribution is -0.114. The van der Waals surface area contributed by atoms with Crippen molar-refractivity contribution >= 4 is 34.1 Å². The van der Waals surface area contributed by atoms with Crippen LogP contribution >= 0.6 is 11.3 Å². The Hall–Kier alpha value is -2.67. The fraction of sp³-hybridized carbons (Fsp3) is 0.350. The molecule has 1 aromatic heterocycles. The van der Waals surface area contributed by atoms with Crippen LogP contribution in [0.25, 0.3) is 0 Å². The number of nitrogens with one attached hydrogen (secondary N) is 2. The summed E-state index contributed by atoms with van der Waals surface area (Å²) in [5.74, 6) is -0.276. The van der Waals surface area contributed by atoms with Crippen molar-refractivity contribution in [3.8, 4) is 0 Å². The second-order valence-corrected chi connectivity index (χ2v) is 7.66. The summed E-state index contributed by atoms with van der Waals surface area (Å²) >= 11 is 1.23. The van der Waals surface area contributed by atoms with E-state index in [2.05, 4.69) is 10.6 Å². The molecule has 27 heavy (non-hydrogen) atoms. The molecule has 0 bridgehead atoms. The van der Waals surface area contributed by atoms with E-state index in [1.165, 1.54) is 24.7 Å². The standard InChI is InChI=1S/C20H23N3O3S/c1-14(24)22-18-10-9-17(27-18)19(25)21-13-15-5-7-16(8-6-15)20(26)23-11-3-2-4-12-23/h5-10H,2-4,11-13H2,1H3,(H,21,25)(H,22,24). The summed E-state index contributed by atoms with van der Waals surface area (Å²) in [7, 11) is 0. The van der Waals surface area contributed by atoms with Gasteiger partial charge in [-0.25, -0.2) is 0 Å². The first-order valence-corrected chi connectivity index (χ1v) is 9.88. The minimum Gasteiger partial charge on any atom is -0.347 e. The Morgan fingerprint density at radius 2 is 1.70 bits per heavy atom. The Morgan fingerprint density at radius 1 is 1.00 bits per heavy atom. The second-order valence-electron chi connectivity index (χ2n) is 6.58. The number of nitrogens with zero attached hydrogens (tertiary/aromatic N) is 1. The van der Waals surface area contributed by atoms with Crippen molar-refractivity contribution in [3.63, 3.8) is 0 Å². The van der Waals surface area contributed by atoms with Crippen molar-refractivity contribution in [2.24, 2.45) is 0 Å². The van der Waals surface area contributed by atoms with Crippen LogP contribution < -0.4 is 10.6 Å². The fourth-order valence-corrected chi connectivity index (χ4v) is 3.88. The molecular formula is C20H23N3O3S. The second kappa shape index (κ2) is 8.81. The van der Waals surface area contributed by atoms with Crippen LogP contribution in [0.4, 0.5) is 5.00 Å². The van der Waals surface area contributed by atoms with Crippen LogP contribution in [0.1, 0.15) is 51.8 Å². The van der Waals surface area contributed by atoms with Crippen LogP contribution in [0.3, 0.4) is 0 Å². The molecule has 0 aliphatic carbocycles. The fourth-order valence-electron chi connectivity index (χ4n) is 3.01. The Morgan fingerprint density at radius 3 is 2.37 bits per heavy atom. The van der Waals surface area contributed by atoms with E-state index in [9.17, 15) is 14.4 Å². The Balaban J connectivity index is 1.53. The van der Waals surface area contributed by atoms with Gasteiger partial charge in [-0.15, -0.1) is 11.3 Å². The van der Waals surface area contributed by atoms with Gasteiger partial charge in [0.25, 0.3) is 11.8 Å². The highest BCUT2D eigenvalue weighted by Crippen LogP contribution is 2.21. The Labute approximate surface area is 162 Å². The van der Waals surface area contributed by atoms with Gasteiger partial charge in [0.05, 0.1) is 9.88 Å². The molecule has 3 amide bonds. The quantitative estimate of drug-likeness (QED) is 0.829. The zero-order valence-electron chi connectivity index (χ0n) is 15.3. The summed E-state index contributed by atoms with van der Waals surface area (Å²) in [6, 6.07) is 10.8. The molecule has 1 fully saturated rings. The number of thiophene rings is 1. The van der Waals surface area contributed by atoms with E-state index in [1.54, 1.807) is 12.1 Å². The maximum Gasteiger partial charge on any atom is 0.261 e. The molecule has 1 saturated heterocycles. The summed E-state index contributed by atoms with van der Waals surface area (Å²) < 4.78 is 0. The van der Waals surface area contributed by atoms with E-state index in [0.29, 0.717) is 22.0 Å². The van der Waals surface area contributed by atoms with Gasteiger partial charge >= 0.3 is 0 Å². The molecule has 3 rings (SSSR count). The third-order valence-electron chi connectivity index (χ3n) is 4.43. The van der Waals surface area contributed by atoms with Crippen molar-refractivity contribution in [3.05, 3.63) is 52.4 Å². The van der Waals surface area contributed by atoms with Gasteiger partial charge in [0.2, 0.25) is 5.91 Å². The molecule has 1 aliphatic heterocycles. The molecule has 0 saturated carbocycles. The van der Waals surface area contributed by atoms with Crippen LogP contribution in [0, 0.1) is 0 Å². The molecule has 0 atom stereocenters. The number of hydrogen-bond acceptors (Lipinski definition) is 4. The number of carbonyl (C=O) groups is 3. The van der Waals surface area contributed by atoms with Crippen molar-refractivity contribution in [2.75, 3.05) is 18.4 Å². The zero-order valence-corrected chi connectivity index (χ0v) is 16.1. The molecule has 0 radical (unpaired) electrons. The van der Waals surface area contributed by atoms with E-state index in [0.717, 1.165) is 31.5 Å². The molecule has 142 valence electrons. The smallest absolute Gasteiger partial charge is 0.261 e. The summed E-state index contributed by atoms with van der Waals surface area (Å²) in [5, 5.41) is 6.17. The highest BCUT2D eigenvalue weighted by molar-refractivity contribution is 7.18. The number of anilines is 1. The topological polar surface area (TPSA) is 78.5 Å². The van der Waals surface area contributed by atoms with Crippen molar-refractivity contribution in [1.82, 2.24) is 10.2 Å². The van der Waals surface area contributed by atoms with Gasteiger partial charge in [0.1, 0.15) is 0 Å². The highest BCUT2D eigenvalue weighted by Gasteiger charge is 2.18. The van der Waals surface area contributed by atoms with E-state index >= 15 is 0 Å². The lowest BCUT2D eigenvalue weighted by Crippen LogP contribution is -2.35. The summed E-state index contributed by atoms with van der Waals surface area (Å²) in [5.41, 5.74) is 1.61. The lowest BCUT2D eigenvalue weighted by Gasteiger charge is -2.26. The normalized spacial score (nSPS) is 13.9. The molecule has 2 N–H and O–H groups in total. The first-order valence-electron chi connectivity index (χ1n) is 9.07. The van der Waals surface area contributed by atoms with Crippen molar-refractivity contribution in [1.29, 1.82) is 0 Å². The monoisotopic (exact) mass is 385 g/mol. The number of carbonyl (C=O) groups excluding carboxylic acids is 3.